The number of nitrogens with one attached hydrogen (secondary N) is 1. The minimum Gasteiger partial charge on any atom is -0.308 e. The fourth-order valence-corrected chi connectivity index (χ4v) is 1.18. The molecule has 0 spiro atoms. The minimum absolute atomic E-state index is 0.836. The van der Waals surface area contributed by atoms with Gasteiger partial charge in [0.1, 0.15) is 11.6 Å². The number of hydrazine groups is 1. The van der Waals surface area contributed by atoms with E-state index in [0.29, 0.717) is 0 Å². The highest BCUT2D eigenvalue weighted by Gasteiger charge is 2.04. The van der Waals surface area contributed by atoms with E-state index in [4.69, 9.17) is 5.84 Å². The lowest BCUT2D eigenvalue weighted by Crippen LogP contribution is -2.09. The van der Waals surface area contributed by atoms with Crippen LogP contribution in [0.1, 0.15) is 11.5 Å². The van der Waals surface area contributed by atoms with Crippen LogP contribution in [0.3, 0.4) is 0 Å². The van der Waals surface area contributed by atoms with E-state index in [1.807, 2.05) is 18.2 Å². The van der Waals surface area contributed by atoms with Crippen LogP contribution >= 0.6 is 9.39 Å². The highest BCUT2D eigenvalue weighted by molar-refractivity contribution is 7.14. The lowest BCUT2D eigenvalue weighted by molar-refractivity contribution is 1.08. The predicted octanol–water partition coefficient (Wildman–Crippen LogP) is 0.424. The first-order valence-corrected chi connectivity index (χ1v) is 3.46. The molecule has 4 nitrogen and oxygen atoms in total. The van der Waals surface area contributed by atoms with Gasteiger partial charge in [0.15, 0.2) is 0 Å². The normalized spacial score (nSPS) is 10.0. The van der Waals surface area contributed by atoms with Crippen molar-refractivity contribution in [3.05, 3.63) is 11.5 Å². The summed E-state index contributed by atoms with van der Waals surface area (Å²) in [6, 6.07) is 0. The Bertz CT molecular complexity index is 242. The van der Waals surface area contributed by atoms with E-state index in [1.165, 1.54) is 0 Å². The summed E-state index contributed by atoms with van der Waals surface area (Å²) in [6.45, 7) is 3.82. The quantitative estimate of drug-likeness (QED) is 0.354. The van der Waals surface area contributed by atoms with Crippen LogP contribution in [0.2, 0.25) is 0 Å². The first-order valence-electron chi connectivity index (χ1n) is 2.94. The summed E-state index contributed by atoms with van der Waals surface area (Å²) in [4.78, 5) is 4.18. The molecule has 0 fully saturated rings. The fraction of sp³-hybridized carbons (Fsp3) is 0.400. The molecule has 0 amide bonds. The maximum atomic E-state index is 5.24. The third-order valence-corrected chi connectivity index (χ3v) is 2.03. The monoisotopic (exact) mass is 158 g/mol. The molecule has 1 atom stereocenters. The average Bonchev–Trinajstić information content (AvgIpc) is 2.09. The van der Waals surface area contributed by atoms with E-state index in [0.717, 1.165) is 17.3 Å². The van der Waals surface area contributed by atoms with Crippen molar-refractivity contribution in [3.63, 3.8) is 0 Å². The van der Waals surface area contributed by atoms with Gasteiger partial charge in [-0.05, 0) is 23.2 Å². The van der Waals surface area contributed by atoms with Crippen LogP contribution in [0.15, 0.2) is 0 Å². The Kier molecular flexibility index (Phi) is 1.92. The lowest BCUT2D eigenvalue weighted by Gasteiger charge is -2.00. The number of aryl methyl sites for hydroxylation is 2. The van der Waals surface area contributed by atoms with Crippen LogP contribution in [0.25, 0.3) is 0 Å². The molecule has 0 aliphatic rings. The zero-order valence-electron chi connectivity index (χ0n) is 6.05. The number of hydrogen-bond donors (Lipinski definition) is 2. The smallest absolute Gasteiger partial charge is 0.146 e. The number of nitrogen functional groups attached to an aromatic ring is 1. The van der Waals surface area contributed by atoms with Gasteiger partial charge in [0.25, 0.3) is 0 Å². The maximum Gasteiger partial charge on any atom is 0.146 e. The van der Waals surface area contributed by atoms with Gasteiger partial charge in [-0.2, -0.15) is 0 Å². The van der Waals surface area contributed by atoms with Gasteiger partial charge in [0.05, 0.1) is 5.69 Å². The van der Waals surface area contributed by atoms with Gasteiger partial charge < -0.3 is 5.43 Å². The van der Waals surface area contributed by atoms with Gasteiger partial charge in [-0.15, -0.1) is 0 Å². The van der Waals surface area contributed by atoms with Crippen molar-refractivity contribution in [2.24, 2.45) is 5.84 Å². The van der Waals surface area contributed by atoms with Gasteiger partial charge in [-0.1, -0.05) is 0 Å². The Hall–Kier alpha value is -0.600. The highest BCUT2D eigenvalue weighted by atomic mass is 31.0. The van der Waals surface area contributed by atoms with E-state index < -0.39 is 0 Å². The second-order valence-electron chi connectivity index (χ2n) is 2.11. The van der Waals surface area contributed by atoms with E-state index in [1.54, 1.807) is 0 Å². The third kappa shape index (κ3) is 1.00. The van der Waals surface area contributed by atoms with Gasteiger partial charge in [0, 0.05) is 0 Å². The molecule has 56 valence electrons. The summed E-state index contributed by atoms with van der Waals surface area (Å²) >= 11 is 0. The van der Waals surface area contributed by atoms with Crippen LogP contribution in [-0.2, 0) is 0 Å². The number of hydrogen-bond acceptors (Lipinski definition) is 3. The topological polar surface area (TPSA) is 55.9 Å². The summed E-state index contributed by atoms with van der Waals surface area (Å²) in [6.07, 6.45) is 0. The number of imidazole rings is 1. The van der Waals surface area contributed by atoms with Crippen molar-refractivity contribution in [2.75, 3.05) is 5.43 Å². The molecule has 0 aliphatic carbocycles. The molecule has 0 radical (unpaired) electrons. The first-order chi connectivity index (χ1) is 4.66. The van der Waals surface area contributed by atoms with E-state index in [-0.39, 0.29) is 0 Å². The van der Waals surface area contributed by atoms with Gasteiger partial charge in [-0.3, -0.25) is 4.34 Å². The Balaban J connectivity index is 3.20. The molecule has 1 heterocycles. The number of anilines is 1. The summed E-state index contributed by atoms with van der Waals surface area (Å²) < 4.78 is 1.83. The van der Waals surface area contributed by atoms with Gasteiger partial charge in [0.2, 0.25) is 0 Å². The standard InChI is InChI=1S/C5H11N4P/c1-3-5(8-6)9(10)4(2)7-3/h8H,6,10H2,1-2H3. The van der Waals surface area contributed by atoms with Crippen LogP contribution < -0.4 is 11.3 Å². The molecule has 1 unspecified atom stereocenters. The molecule has 3 N–H and O–H groups in total. The van der Waals surface area contributed by atoms with E-state index in [9.17, 15) is 0 Å². The van der Waals surface area contributed by atoms with Gasteiger partial charge in [-0.25, -0.2) is 10.8 Å². The molecule has 5 heteroatoms. The molecule has 0 saturated carbocycles. The zero-order chi connectivity index (χ0) is 7.72. The van der Waals surface area contributed by atoms with Crippen LogP contribution in [0.4, 0.5) is 5.82 Å². The molecular weight excluding hydrogens is 147 g/mol. The largest absolute Gasteiger partial charge is 0.308 e. The van der Waals surface area contributed by atoms with Gasteiger partial charge >= 0.3 is 0 Å². The Labute approximate surface area is 62.0 Å². The Morgan fingerprint density at radius 3 is 2.40 bits per heavy atom. The number of aromatic nitrogens is 2. The molecule has 0 saturated heterocycles. The molecular formula is C5H11N4P. The van der Waals surface area contributed by atoms with Crippen molar-refractivity contribution in [1.82, 2.24) is 9.32 Å². The predicted molar refractivity (Wildman–Crippen MR) is 44.6 cm³/mol. The Morgan fingerprint density at radius 1 is 1.60 bits per heavy atom. The molecule has 10 heavy (non-hydrogen) atoms. The molecule has 0 bridgehead atoms. The minimum atomic E-state index is 0.836. The average molecular weight is 158 g/mol. The summed E-state index contributed by atoms with van der Waals surface area (Å²) in [5.41, 5.74) is 3.48. The van der Waals surface area contributed by atoms with Crippen molar-refractivity contribution < 1.29 is 0 Å². The third-order valence-electron chi connectivity index (χ3n) is 1.40. The first kappa shape index (κ1) is 7.51. The second kappa shape index (κ2) is 2.56. The molecule has 0 aliphatic heterocycles. The molecule has 1 aromatic rings. The maximum absolute atomic E-state index is 5.24. The van der Waals surface area contributed by atoms with Crippen molar-refractivity contribution in [3.8, 4) is 0 Å². The molecule has 1 aromatic heterocycles. The summed E-state index contributed by atoms with van der Waals surface area (Å²) in [7, 11) is 2.52. The zero-order valence-corrected chi connectivity index (χ0v) is 7.20. The lowest BCUT2D eigenvalue weighted by atomic mass is 10.5. The molecule has 1 rings (SSSR count). The summed E-state index contributed by atoms with van der Waals surface area (Å²) in [5, 5.41) is 0. The SMILES string of the molecule is Cc1nc(C)n(P)c1NN. The summed E-state index contributed by atoms with van der Waals surface area (Å²) in [5.74, 6) is 7.00. The van der Waals surface area contributed by atoms with Crippen LogP contribution in [0, 0.1) is 13.8 Å². The Morgan fingerprint density at radius 2 is 2.20 bits per heavy atom. The number of nitrogens with zero attached hydrogens (tertiary/aromatic N) is 2. The second-order valence-corrected chi connectivity index (χ2v) is 2.62. The number of nitrogens with two attached hydrogens (primary N) is 1. The van der Waals surface area contributed by atoms with Crippen molar-refractivity contribution in [2.45, 2.75) is 13.8 Å². The van der Waals surface area contributed by atoms with Crippen LogP contribution in [-0.4, -0.2) is 9.32 Å². The van der Waals surface area contributed by atoms with Crippen molar-refractivity contribution >= 4 is 15.2 Å². The van der Waals surface area contributed by atoms with E-state index in [2.05, 4.69) is 19.8 Å². The molecule has 0 aromatic carbocycles. The number of rotatable bonds is 1. The fourth-order valence-electron chi connectivity index (χ4n) is 0.860. The van der Waals surface area contributed by atoms with Crippen LogP contribution in [0.5, 0.6) is 0 Å². The van der Waals surface area contributed by atoms with E-state index >= 15 is 0 Å². The van der Waals surface area contributed by atoms with Crippen molar-refractivity contribution in [1.29, 1.82) is 0 Å². The highest BCUT2D eigenvalue weighted by Crippen LogP contribution is 2.17.